The zero-order valence-electron chi connectivity index (χ0n) is 12.7. The molecule has 0 aromatic heterocycles. The number of carbonyl (C=O) groups is 1. The van der Waals surface area contributed by atoms with Crippen LogP contribution in [0.2, 0.25) is 0 Å². The minimum absolute atomic E-state index is 0.0517. The molecule has 1 aromatic carbocycles. The van der Waals surface area contributed by atoms with E-state index in [2.05, 4.69) is 6.92 Å². The molecule has 1 aromatic rings. The molecule has 0 aliphatic carbocycles. The van der Waals surface area contributed by atoms with Gasteiger partial charge in [-0.2, -0.15) is 0 Å². The number of likely N-dealkylation sites (tertiary alicyclic amines) is 1. The van der Waals surface area contributed by atoms with Crippen molar-refractivity contribution in [2.24, 2.45) is 16.8 Å². The Morgan fingerprint density at radius 2 is 1.95 bits per heavy atom. The van der Waals surface area contributed by atoms with E-state index in [0.717, 1.165) is 12.8 Å². The highest BCUT2D eigenvalue weighted by Gasteiger charge is 2.31. The van der Waals surface area contributed by atoms with Crippen molar-refractivity contribution in [1.82, 2.24) is 4.90 Å². The largest absolute Gasteiger partial charge is 0.334 e. The summed E-state index contributed by atoms with van der Waals surface area (Å²) < 4.78 is 22.1. The van der Waals surface area contributed by atoms with Gasteiger partial charge < -0.3 is 10.6 Å². The monoisotopic (exact) mass is 325 g/mol. The van der Waals surface area contributed by atoms with Gasteiger partial charge in [-0.15, -0.1) is 0 Å². The van der Waals surface area contributed by atoms with Gasteiger partial charge in [-0.25, -0.2) is 13.6 Å². The molecule has 122 valence electrons. The van der Waals surface area contributed by atoms with Gasteiger partial charge in [0.15, 0.2) is 0 Å². The van der Waals surface area contributed by atoms with Crippen LogP contribution in [0.3, 0.4) is 0 Å². The minimum atomic E-state index is -3.56. The quantitative estimate of drug-likeness (QED) is 0.848. The lowest BCUT2D eigenvalue weighted by atomic mass is 9.90. The molecule has 1 aliphatic heterocycles. The van der Waals surface area contributed by atoms with E-state index in [1.807, 2.05) is 4.90 Å². The molecule has 1 heterocycles. The number of hydrogen-bond acceptors (Lipinski definition) is 4. The highest BCUT2D eigenvalue weighted by molar-refractivity contribution is 7.88. The molecule has 4 N–H and O–H groups in total. The summed E-state index contributed by atoms with van der Waals surface area (Å²) in [6.45, 7) is 3.28. The summed E-state index contributed by atoms with van der Waals surface area (Å²) in [6, 6.07) is 6.61. The first-order valence-corrected chi connectivity index (χ1v) is 9.14. The molecular weight excluding hydrogens is 302 g/mol. The van der Waals surface area contributed by atoms with Gasteiger partial charge in [0.2, 0.25) is 10.0 Å². The normalized spacial score (nSPS) is 22.6. The summed E-state index contributed by atoms with van der Waals surface area (Å²) in [4.78, 5) is 14.5. The number of carbonyl (C=O) groups excluding carboxylic acids is 1. The molecule has 1 fully saturated rings. The van der Waals surface area contributed by atoms with Crippen molar-refractivity contribution < 1.29 is 13.2 Å². The van der Waals surface area contributed by atoms with Crippen LogP contribution >= 0.6 is 0 Å². The number of benzene rings is 1. The summed E-state index contributed by atoms with van der Waals surface area (Å²) in [6.07, 6.45) is 2.06. The Bertz CT molecular complexity index is 628. The smallest absolute Gasteiger partial charge is 0.254 e. The van der Waals surface area contributed by atoms with Gasteiger partial charge >= 0.3 is 0 Å². The summed E-state index contributed by atoms with van der Waals surface area (Å²) in [5, 5.41) is 5.02. The Morgan fingerprint density at radius 1 is 1.32 bits per heavy atom. The summed E-state index contributed by atoms with van der Waals surface area (Å²) >= 11 is 0. The van der Waals surface area contributed by atoms with E-state index in [9.17, 15) is 13.2 Å². The summed E-state index contributed by atoms with van der Waals surface area (Å²) in [5.41, 5.74) is 6.94. The fourth-order valence-electron chi connectivity index (χ4n) is 3.00. The number of sulfonamides is 1. The molecular formula is C15H23N3O3S. The van der Waals surface area contributed by atoms with E-state index in [1.165, 1.54) is 0 Å². The van der Waals surface area contributed by atoms with Crippen LogP contribution in [0.4, 0.5) is 0 Å². The Labute approximate surface area is 131 Å². The van der Waals surface area contributed by atoms with Crippen LogP contribution < -0.4 is 10.9 Å². The van der Waals surface area contributed by atoms with E-state index >= 15 is 0 Å². The maximum atomic E-state index is 12.6. The molecule has 0 radical (unpaired) electrons. The zero-order chi connectivity index (χ0) is 16.3. The van der Waals surface area contributed by atoms with E-state index < -0.39 is 10.0 Å². The highest BCUT2D eigenvalue weighted by Crippen LogP contribution is 2.24. The number of nitrogens with two attached hydrogens (primary N) is 2. The number of nitrogens with zero attached hydrogens (tertiary/aromatic N) is 1. The lowest BCUT2D eigenvalue weighted by molar-refractivity contribution is 0.0532. The summed E-state index contributed by atoms with van der Waals surface area (Å²) in [7, 11) is -3.56. The van der Waals surface area contributed by atoms with Crippen molar-refractivity contribution in [3.05, 3.63) is 35.4 Å². The third-order valence-corrected chi connectivity index (χ3v) is 4.92. The summed E-state index contributed by atoms with van der Waals surface area (Å²) in [5.74, 6) is 0.113. The Kier molecular flexibility index (Phi) is 5.20. The maximum Gasteiger partial charge on any atom is 0.254 e. The van der Waals surface area contributed by atoms with Gasteiger partial charge in [0.05, 0.1) is 5.75 Å². The van der Waals surface area contributed by atoms with Crippen LogP contribution in [0.5, 0.6) is 0 Å². The molecule has 2 unspecified atom stereocenters. The lowest BCUT2D eigenvalue weighted by Crippen LogP contribution is -2.51. The third-order valence-electron chi connectivity index (χ3n) is 4.19. The molecule has 1 aliphatic rings. The Hall–Kier alpha value is -1.44. The Morgan fingerprint density at radius 3 is 2.50 bits per heavy atom. The van der Waals surface area contributed by atoms with Crippen molar-refractivity contribution in [3.8, 4) is 0 Å². The van der Waals surface area contributed by atoms with Crippen LogP contribution in [0, 0.1) is 5.92 Å². The molecule has 0 saturated carbocycles. The van der Waals surface area contributed by atoms with Crippen LogP contribution in [0.25, 0.3) is 0 Å². The van der Waals surface area contributed by atoms with Gasteiger partial charge in [0, 0.05) is 24.7 Å². The molecule has 0 spiro atoms. The lowest BCUT2D eigenvalue weighted by Gasteiger charge is -2.39. The van der Waals surface area contributed by atoms with Crippen LogP contribution in [0.1, 0.15) is 35.7 Å². The van der Waals surface area contributed by atoms with Crippen molar-refractivity contribution >= 4 is 15.9 Å². The van der Waals surface area contributed by atoms with Crippen LogP contribution in [-0.2, 0) is 15.8 Å². The molecule has 2 atom stereocenters. The zero-order valence-corrected chi connectivity index (χ0v) is 13.6. The number of hydrogen-bond donors (Lipinski definition) is 2. The predicted octanol–water partition coefficient (Wildman–Crippen LogP) is 0.675. The standard InChI is InChI=1S/C15H23N3O3S/c1-11-3-2-8-18(14(11)9-16)15(19)13-6-4-12(5-7-13)10-22(17,20)21/h4-7,11,14H,2-3,8-10,16H2,1H3,(H2,17,20,21). The third kappa shape index (κ3) is 4.06. The first-order chi connectivity index (χ1) is 10.3. The molecule has 6 nitrogen and oxygen atoms in total. The second-order valence-electron chi connectivity index (χ2n) is 5.93. The van der Waals surface area contributed by atoms with E-state index in [1.54, 1.807) is 24.3 Å². The van der Waals surface area contributed by atoms with E-state index in [4.69, 9.17) is 10.9 Å². The first-order valence-electron chi connectivity index (χ1n) is 7.42. The first kappa shape index (κ1) is 16.9. The molecule has 0 bridgehead atoms. The average molecular weight is 325 g/mol. The van der Waals surface area contributed by atoms with Crippen molar-refractivity contribution in [2.45, 2.75) is 31.6 Å². The van der Waals surface area contributed by atoms with Crippen molar-refractivity contribution in [1.29, 1.82) is 0 Å². The number of piperidine rings is 1. The Balaban J connectivity index is 2.15. The SMILES string of the molecule is CC1CCCN(C(=O)c2ccc(CS(N)(=O)=O)cc2)C1CN. The fourth-order valence-corrected chi connectivity index (χ4v) is 3.66. The average Bonchev–Trinajstić information content (AvgIpc) is 2.45. The van der Waals surface area contributed by atoms with Crippen LogP contribution in [-0.4, -0.2) is 38.4 Å². The van der Waals surface area contributed by atoms with E-state index in [-0.39, 0.29) is 17.7 Å². The molecule has 7 heteroatoms. The molecule has 1 saturated heterocycles. The molecule has 2 rings (SSSR count). The topological polar surface area (TPSA) is 106 Å². The van der Waals surface area contributed by atoms with Gasteiger partial charge in [-0.1, -0.05) is 19.1 Å². The van der Waals surface area contributed by atoms with Crippen molar-refractivity contribution in [3.63, 3.8) is 0 Å². The number of rotatable bonds is 4. The van der Waals surface area contributed by atoms with Gasteiger partial charge in [-0.05, 0) is 36.5 Å². The second kappa shape index (κ2) is 6.76. The second-order valence-corrected chi connectivity index (χ2v) is 7.54. The fraction of sp³-hybridized carbons (Fsp3) is 0.533. The van der Waals surface area contributed by atoms with Gasteiger partial charge in [-0.3, -0.25) is 4.79 Å². The van der Waals surface area contributed by atoms with Crippen LogP contribution in [0.15, 0.2) is 24.3 Å². The molecule has 22 heavy (non-hydrogen) atoms. The van der Waals surface area contributed by atoms with Crippen molar-refractivity contribution in [2.75, 3.05) is 13.1 Å². The number of amides is 1. The van der Waals surface area contributed by atoms with Gasteiger partial charge in [0.1, 0.15) is 0 Å². The number of primary sulfonamides is 1. The highest BCUT2D eigenvalue weighted by atomic mass is 32.2. The van der Waals surface area contributed by atoms with E-state index in [0.29, 0.717) is 30.1 Å². The molecule has 1 amide bonds. The minimum Gasteiger partial charge on any atom is -0.334 e. The van der Waals surface area contributed by atoms with Gasteiger partial charge in [0.25, 0.3) is 5.91 Å². The maximum absolute atomic E-state index is 12.6. The predicted molar refractivity (Wildman–Crippen MR) is 85.5 cm³/mol.